The minimum atomic E-state index is -0.484. The van der Waals surface area contributed by atoms with Crippen molar-refractivity contribution in [3.8, 4) is 5.75 Å². The highest BCUT2D eigenvalue weighted by Gasteiger charge is 2.26. The molecule has 5 heteroatoms. The lowest BCUT2D eigenvalue weighted by Crippen LogP contribution is -2.39. The number of carbonyl (C=O) groups is 1. The average Bonchev–Trinajstić information content (AvgIpc) is 2.39. The van der Waals surface area contributed by atoms with Crippen molar-refractivity contribution in [1.29, 1.82) is 0 Å². The summed E-state index contributed by atoms with van der Waals surface area (Å²) in [7, 11) is 1.64. The first-order valence-corrected chi connectivity index (χ1v) is 6.39. The molecule has 0 saturated heterocycles. The molecule has 5 nitrogen and oxygen atoms in total. The van der Waals surface area contributed by atoms with E-state index in [1.165, 1.54) is 0 Å². The van der Waals surface area contributed by atoms with E-state index in [1.54, 1.807) is 13.1 Å². The van der Waals surface area contributed by atoms with Crippen molar-refractivity contribution in [2.45, 2.75) is 20.8 Å². The lowest BCUT2D eigenvalue weighted by atomic mass is 9.92. The van der Waals surface area contributed by atoms with E-state index < -0.39 is 5.41 Å². The van der Waals surface area contributed by atoms with Gasteiger partial charge in [-0.2, -0.15) is 0 Å². The van der Waals surface area contributed by atoms with Gasteiger partial charge in [-0.1, -0.05) is 0 Å². The molecule has 1 rings (SSSR count). The Bertz CT molecular complexity index is 444. The molecular formula is C14H23N3O2. The van der Waals surface area contributed by atoms with E-state index in [0.717, 1.165) is 5.69 Å². The number of hydrogen-bond donors (Lipinski definition) is 3. The molecule has 0 fully saturated rings. The lowest BCUT2D eigenvalue weighted by molar-refractivity contribution is -0.128. The van der Waals surface area contributed by atoms with Gasteiger partial charge in [-0.25, -0.2) is 0 Å². The van der Waals surface area contributed by atoms with E-state index >= 15 is 0 Å². The van der Waals surface area contributed by atoms with Crippen LogP contribution in [0.3, 0.4) is 0 Å². The van der Waals surface area contributed by atoms with Crippen LogP contribution in [0.5, 0.6) is 5.75 Å². The molecule has 0 aliphatic heterocycles. The van der Waals surface area contributed by atoms with Crippen LogP contribution in [0.15, 0.2) is 18.2 Å². The fourth-order valence-corrected chi connectivity index (χ4v) is 1.67. The van der Waals surface area contributed by atoms with Crippen molar-refractivity contribution >= 4 is 17.3 Å². The van der Waals surface area contributed by atoms with Gasteiger partial charge < -0.3 is 21.1 Å². The van der Waals surface area contributed by atoms with Crippen molar-refractivity contribution in [3.63, 3.8) is 0 Å². The fourth-order valence-electron chi connectivity index (χ4n) is 1.67. The molecule has 0 bridgehead atoms. The Labute approximate surface area is 114 Å². The number of carbonyl (C=O) groups excluding carboxylic acids is 1. The van der Waals surface area contributed by atoms with Crippen molar-refractivity contribution in [2.75, 3.05) is 31.2 Å². The van der Waals surface area contributed by atoms with Crippen LogP contribution in [0, 0.1) is 5.41 Å². The van der Waals surface area contributed by atoms with E-state index in [4.69, 9.17) is 10.5 Å². The van der Waals surface area contributed by atoms with Gasteiger partial charge in [-0.3, -0.25) is 4.79 Å². The minimum absolute atomic E-state index is 0.000441. The van der Waals surface area contributed by atoms with Crippen LogP contribution in [-0.2, 0) is 4.79 Å². The maximum absolute atomic E-state index is 11.7. The number of ether oxygens (including phenoxy) is 1. The van der Waals surface area contributed by atoms with Gasteiger partial charge in [0.05, 0.1) is 17.7 Å². The summed E-state index contributed by atoms with van der Waals surface area (Å²) >= 11 is 0. The standard InChI is InChI=1S/C14H23N3O2/c1-5-19-12-8-10(6-7-11(12)15)17-9-14(2,3)13(18)16-4/h6-8,17H,5,9,15H2,1-4H3,(H,16,18). The number of hydrogen-bond acceptors (Lipinski definition) is 4. The average molecular weight is 265 g/mol. The van der Waals surface area contributed by atoms with E-state index in [1.807, 2.05) is 32.9 Å². The van der Waals surface area contributed by atoms with Gasteiger partial charge in [-0.05, 0) is 32.9 Å². The first-order chi connectivity index (χ1) is 8.90. The lowest BCUT2D eigenvalue weighted by Gasteiger charge is -2.23. The molecular weight excluding hydrogens is 242 g/mol. The van der Waals surface area contributed by atoms with Gasteiger partial charge in [0.2, 0.25) is 5.91 Å². The quantitative estimate of drug-likeness (QED) is 0.686. The van der Waals surface area contributed by atoms with Gasteiger partial charge in [0, 0.05) is 25.3 Å². The smallest absolute Gasteiger partial charge is 0.227 e. The molecule has 0 heterocycles. The third-order valence-corrected chi connectivity index (χ3v) is 2.89. The Balaban J connectivity index is 2.73. The predicted octanol–water partition coefficient (Wildman–Crippen LogP) is 1.85. The van der Waals surface area contributed by atoms with Gasteiger partial charge in [0.15, 0.2) is 0 Å². The monoisotopic (exact) mass is 265 g/mol. The second kappa shape index (κ2) is 6.31. The highest BCUT2D eigenvalue weighted by Crippen LogP contribution is 2.26. The molecule has 0 spiro atoms. The van der Waals surface area contributed by atoms with Crippen LogP contribution in [0.4, 0.5) is 11.4 Å². The third-order valence-electron chi connectivity index (χ3n) is 2.89. The molecule has 0 atom stereocenters. The van der Waals surface area contributed by atoms with Gasteiger partial charge >= 0.3 is 0 Å². The molecule has 19 heavy (non-hydrogen) atoms. The predicted molar refractivity (Wildman–Crippen MR) is 78.4 cm³/mol. The van der Waals surface area contributed by atoms with Crippen LogP contribution in [0.25, 0.3) is 0 Å². The molecule has 0 aliphatic rings. The van der Waals surface area contributed by atoms with Crippen molar-refractivity contribution in [1.82, 2.24) is 5.32 Å². The summed E-state index contributed by atoms with van der Waals surface area (Å²) in [6.07, 6.45) is 0. The van der Waals surface area contributed by atoms with E-state index in [2.05, 4.69) is 10.6 Å². The molecule has 1 amide bonds. The van der Waals surface area contributed by atoms with Crippen molar-refractivity contribution < 1.29 is 9.53 Å². The summed E-state index contributed by atoms with van der Waals surface area (Å²) < 4.78 is 5.43. The van der Waals surface area contributed by atoms with Gasteiger partial charge in [0.25, 0.3) is 0 Å². The van der Waals surface area contributed by atoms with Crippen LogP contribution in [0.2, 0.25) is 0 Å². The SMILES string of the molecule is CCOc1cc(NCC(C)(C)C(=O)NC)ccc1N. The Morgan fingerprint density at radius 3 is 2.68 bits per heavy atom. The summed E-state index contributed by atoms with van der Waals surface area (Å²) in [5.41, 5.74) is 6.82. The number of nitrogens with two attached hydrogens (primary N) is 1. The molecule has 1 aromatic rings. The molecule has 106 valence electrons. The summed E-state index contributed by atoms with van der Waals surface area (Å²) in [6.45, 7) is 6.78. The Morgan fingerprint density at radius 1 is 1.42 bits per heavy atom. The molecule has 0 aromatic heterocycles. The zero-order chi connectivity index (χ0) is 14.5. The Morgan fingerprint density at radius 2 is 2.11 bits per heavy atom. The number of nitrogen functional groups attached to an aromatic ring is 1. The normalized spacial score (nSPS) is 10.9. The van der Waals surface area contributed by atoms with Crippen LogP contribution in [-0.4, -0.2) is 26.1 Å². The maximum atomic E-state index is 11.7. The van der Waals surface area contributed by atoms with Crippen LogP contribution in [0.1, 0.15) is 20.8 Å². The zero-order valence-corrected chi connectivity index (χ0v) is 12.0. The molecule has 0 saturated carbocycles. The van der Waals surface area contributed by atoms with E-state index in [9.17, 15) is 4.79 Å². The summed E-state index contributed by atoms with van der Waals surface area (Å²) in [5, 5.41) is 5.89. The number of rotatable bonds is 6. The Hall–Kier alpha value is -1.91. The fraction of sp³-hybridized carbons (Fsp3) is 0.500. The molecule has 1 aromatic carbocycles. The third kappa shape index (κ3) is 4.05. The number of nitrogens with one attached hydrogen (secondary N) is 2. The largest absolute Gasteiger partial charge is 0.492 e. The summed E-state index contributed by atoms with van der Waals surface area (Å²) in [4.78, 5) is 11.7. The zero-order valence-electron chi connectivity index (χ0n) is 12.0. The number of benzene rings is 1. The molecule has 0 radical (unpaired) electrons. The minimum Gasteiger partial charge on any atom is -0.492 e. The van der Waals surface area contributed by atoms with Gasteiger partial charge in [-0.15, -0.1) is 0 Å². The van der Waals surface area contributed by atoms with Crippen LogP contribution >= 0.6 is 0 Å². The first kappa shape index (κ1) is 15.1. The summed E-state index contributed by atoms with van der Waals surface area (Å²) in [6, 6.07) is 5.51. The van der Waals surface area contributed by atoms with Crippen LogP contribution < -0.4 is 21.1 Å². The first-order valence-electron chi connectivity index (χ1n) is 6.39. The topological polar surface area (TPSA) is 76.4 Å². The molecule has 4 N–H and O–H groups in total. The van der Waals surface area contributed by atoms with Crippen molar-refractivity contribution in [2.24, 2.45) is 5.41 Å². The van der Waals surface area contributed by atoms with Gasteiger partial charge in [0.1, 0.15) is 5.75 Å². The Kier molecular flexibility index (Phi) is 5.03. The molecule has 0 unspecified atom stereocenters. The number of anilines is 2. The highest BCUT2D eigenvalue weighted by atomic mass is 16.5. The maximum Gasteiger partial charge on any atom is 0.227 e. The van der Waals surface area contributed by atoms with E-state index in [0.29, 0.717) is 24.6 Å². The summed E-state index contributed by atoms with van der Waals surface area (Å²) in [5.74, 6) is 0.658. The second-order valence-electron chi connectivity index (χ2n) is 5.00. The van der Waals surface area contributed by atoms with Crippen molar-refractivity contribution in [3.05, 3.63) is 18.2 Å². The van der Waals surface area contributed by atoms with E-state index in [-0.39, 0.29) is 5.91 Å². The number of amides is 1. The molecule has 0 aliphatic carbocycles. The second-order valence-corrected chi connectivity index (χ2v) is 5.00. The highest BCUT2D eigenvalue weighted by molar-refractivity contribution is 5.82.